The van der Waals surface area contributed by atoms with Crippen molar-refractivity contribution in [1.82, 2.24) is 4.31 Å². The Morgan fingerprint density at radius 2 is 1.59 bits per heavy atom. The van der Waals surface area contributed by atoms with Crippen LogP contribution in [0.25, 0.3) is 0 Å². The fourth-order valence-electron chi connectivity index (χ4n) is 4.18. The van der Waals surface area contributed by atoms with Crippen LogP contribution in [-0.4, -0.2) is 40.1 Å². The topological polar surface area (TPSA) is 113 Å². The van der Waals surface area contributed by atoms with E-state index in [1.807, 2.05) is 13.0 Å². The lowest BCUT2D eigenvalue weighted by Crippen LogP contribution is -2.41. The molecule has 4 rings (SSSR count). The number of carbonyl (C=O) groups is 1. The molecule has 8 nitrogen and oxygen atoms in total. The first kappa shape index (κ1) is 27.1. The fraction of sp³-hybridized carbons (Fsp3) is 0.269. The number of nitrogens with zero attached hydrogens (tertiary/aromatic N) is 1. The SMILES string of the molecule is Cc1cccc(NS(=O)(=O)c2ccc(NC(=O)C3CCN(S(=O)(=O)Cc4ccccc4Cl)CC3)cc2)c1. The van der Waals surface area contributed by atoms with Crippen LogP contribution in [0.2, 0.25) is 5.02 Å². The number of aryl methyl sites for hydroxylation is 1. The van der Waals surface area contributed by atoms with Crippen LogP contribution in [0.3, 0.4) is 0 Å². The summed E-state index contributed by atoms with van der Waals surface area (Å²) in [5.74, 6) is -0.757. The zero-order valence-corrected chi connectivity index (χ0v) is 22.6. The number of anilines is 2. The Morgan fingerprint density at radius 1 is 0.919 bits per heavy atom. The maximum atomic E-state index is 12.8. The minimum absolute atomic E-state index is 0.0732. The van der Waals surface area contributed by atoms with Crippen molar-refractivity contribution in [3.8, 4) is 0 Å². The molecule has 1 fully saturated rings. The minimum atomic E-state index is -3.77. The first-order valence-corrected chi connectivity index (χ1v) is 15.2. The smallest absolute Gasteiger partial charge is 0.261 e. The van der Waals surface area contributed by atoms with Crippen LogP contribution < -0.4 is 10.0 Å². The third kappa shape index (κ3) is 6.89. The number of nitrogens with one attached hydrogen (secondary N) is 2. The van der Waals surface area contributed by atoms with Crippen molar-refractivity contribution in [3.05, 3.63) is 88.9 Å². The molecule has 1 aliphatic rings. The summed E-state index contributed by atoms with van der Waals surface area (Å²) in [4.78, 5) is 12.9. The fourth-order valence-corrected chi connectivity index (χ4v) is 7.11. The standard InChI is InChI=1S/C26H28ClN3O5S2/c1-19-5-4-7-23(17-19)29-37(34,35)24-11-9-22(10-12-24)28-26(31)20-13-15-30(16-14-20)36(32,33)18-21-6-2-3-8-25(21)27/h2-12,17,20,29H,13-16,18H2,1H3,(H,28,31). The number of amides is 1. The highest BCUT2D eigenvalue weighted by molar-refractivity contribution is 7.92. The van der Waals surface area contributed by atoms with Crippen molar-refractivity contribution in [2.24, 2.45) is 5.92 Å². The highest BCUT2D eigenvalue weighted by Gasteiger charge is 2.31. The Balaban J connectivity index is 1.32. The van der Waals surface area contributed by atoms with Gasteiger partial charge in [-0.1, -0.05) is 41.9 Å². The van der Waals surface area contributed by atoms with Gasteiger partial charge in [0.05, 0.1) is 10.6 Å². The van der Waals surface area contributed by atoms with E-state index in [0.717, 1.165) is 5.56 Å². The zero-order valence-electron chi connectivity index (χ0n) is 20.2. The van der Waals surface area contributed by atoms with Crippen LogP contribution in [0.5, 0.6) is 0 Å². The molecule has 11 heteroatoms. The molecule has 0 aromatic heterocycles. The Kier molecular flexibility index (Phi) is 8.23. The highest BCUT2D eigenvalue weighted by Crippen LogP contribution is 2.26. The molecule has 1 heterocycles. The lowest BCUT2D eigenvalue weighted by molar-refractivity contribution is -0.120. The van der Waals surface area contributed by atoms with E-state index in [2.05, 4.69) is 10.0 Å². The van der Waals surface area contributed by atoms with E-state index in [4.69, 9.17) is 11.6 Å². The predicted octanol–water partition coefficient (Wildman–Crippen LogP) is 4.63. The van der Waals surface area contributed by atoms with Gasteiger partial charge in [-0.05, 0) is 73.4 Å². The van der Waals surface area contributed by atoms with Gasteiger partial charge in [-0.15, -0.1) is 0 Å². The van der Waals surface area contributed by atoms with Crippen molar-refractivity contribution in [2.45, 2.75) is 30.4 Å². The molecule has 3 aromatic carbocycles. The number of benzene rings is 3. The minimum Gasteiger partial charge on any atom is -0.326 e. The summed E-state index contributed by atoms with van der Waals surface area (Å²) in [7, 11) is -7.33. The maximum Gasteiger partial charge on any atom is 0.261 e. The second kappa shape index (κ2) is 11.2. The predicted molar refractivity (Wildman–Crippen MR) is 145 cm³/mol. The van der Waals surface area contributed by atoms with Gasteiger partial charge in [-0.2, -0.15) is 0 Å². The Hall–Kier alpha value is -2.92. The van der Waals surface area contributed by atoms with Gasteiger partial charge in [0.25, 0.3) is 10.0 Å². The van der Waals surface area contributed by atoms with Crippen molar-refractivity contribution in [1.29, 1.82) is 0 Å². The molecule has 0 atom stereocenters. The van der Waals surface area contributed by atoms with Crippen LogP contribution in [0, 0.1) is 12.8 Å². The summed E-state index contributed by atoms with van der Waals surface area (Å²) in [5.41, 5.74) is 2.41. The van der Waals surface area contributed by atoms with Gasteiger partial charge < -0.3 is 5.32 Å². The highest BCUT2D eigenvalue weighted by atomic mass is 35.5. The average molecular weight is 562 g/mol. The van der Waals surface area contributed by atoms with Gasteiger partial charge >= 0.3 is 0 Å². The van der Waals surface area contributed by atoms with Gasteiger partial charge in [-0.3, -0.25) is 9.52 Å². The second-order valence-corrected chi connectivity index (χ2v) is 13.1. The molecule has 0 unspecified atom stereocenters. The summed E-state index contributed by atoms with van der Waals surface area (Å²) < 4.78 is 55.0. The van der Waals surface area contributed by atoms with Gasteiger partial charge in [0.1, 0.15) is 0 Å². The van der Waals surface area contributed by atoms with E-state index in [1.165, 1.54) is 28.6 Å². The van der Waals surface area contributed by atoms with Crippen LogP contribution >= 0.6 is 11.6 Å². The van der Waals surface area contributed by atoms with Gasteiger partial charge in [0.15, 0.2) is 0 Å². The molecule has 196 valence electrons. The third-order valence-electron chi connectivity index (χ3n) is 6.22. The number of piperidine rings is 1. The largest absolute Gasteiger partial charge is 0.326 e. The van der Waals surface area contributed by atoms with E-state index in [9.17, 15) is 21.6 Å². The molecule has 37 heavy (non-hydrogen) atoms. The number of hydrogen-bond donors (Lipinski definition) is 2. The van der Waals surface area contributed by atoms with Crippen LogP contribution in [0.4, 0.5) is 11.4 Å². The summed E-state index contributed by atoms with van der Waals surface area (Å²) in [6, 6.07) is 19.8. The summed E-state index contributed by atoms with van der Waals surface area (Å²) >= 11 is 6.11. The van der Waals surface area contributed by atoms with E-state index in [1.54, 1.807) is 42.5 Å². The zero-order chi connectivity index (χ0) is 26.6. The first-order chi connectivity index (χ1) is 17.5. The second-order valence-electron chi connectivity index (χ2n) is 9.01. The normalized spacial score (nSPS) is 15.3. The van der Waals surface area contributed by atoms with Crippen LogP contribution in [0.1, 0.15) is 24.0 Å². The van der Waals surface area contributed by atoms with Crippen LogP contribution in [0.15, 0.2) is 77.7 Å². The van der Waals surface area contributed by atoms with Gasteiger partial charge in [-0.25, -0.2) is 21.1 Å². The first-order valence-electron chi connectivity index (χ1n) is 11.8. The van der Waals surface area contributed by atoms with E-state index in [-0.39, 0.29) is 35.6 Å². The monoisotopic (exact) mass is 561 g/mol. The average Bonchev–Trinajstić information content (AvgIpc) is 2.85. The maximum absolute atomic E-state index is 12.8. The Labute approximate surface area is 222 Å². The molecule has 0 aliphatic carbocycles. The molecule has 2 N–H and O–H groups in total. The lowest BCUT2D eigenvalue weighted by Gasteiger charge is -2.30. The van der Waals surface area contributed by atoms with Crippen molar-refractivity contribution < 1.29 is 21.6 Å². The van der Waals surface area contributed by atoms with Crippen molar-refractivity contribution in [3.63, 3.8) is 0 Å². The number of carbonyl (C=O) groups excluding carboxylic acids is 1. The molecule has 3 aromatic rings. The molecule has 1 aliphatic heterocycles. The molecular formula is C26H28ClN3O5S2. The Bertz CT molecular complexity index is 1480. The number of rotatable bonds is 8. The van der Waals surface area contributed by atoms with Gasteiger partial charge in [0.2, 0.25) is 15.9 Å². The number of hydrogen-bond acceptors (Lipinski definition) is 5. The Morgan fingerprint density at radius 3 is 2.24 bits per heavy atom. The van der Waals surface area contributed by atoms with Gasteiger partial charge in [0, 0.05) is 35.4 Å². The third-order valence-corrected chi connectivity index (χ3v) is 9.81. The molecule has 1 amide bonds. The lowest BCUT2D eigenvalue weighted by atomic mass is 9.97. The summed E-state index contributed by atoms with van der Waals surface area (Å²) in [6.07, 6.45) is 0.779. The summed E-state index contributed by atoms with van der Waals surface area (Å²) in [6.45, 7) is 2.36. The van der Waals surface area contributed by atoms with E-state index >= 15 is 0 Å². The molecule has 0 spiro atoms. The molecule has 0 radical (unpaired) electrons. The number of sulfonamides is 2. The number of halogens is 1. The quantitative estimate of drug-likeness (QED) is 0.416. The molecule has 0 saturated carbocycles. The molecule has 0 bridgehead atoms. The molecular weight excluding hydrogens is 534 g/mol. The summed E-state index contributed by atoms with van der Waals surface area (Å²) in [5, 5.41) is 3.22. The molecule has 1 saturated heterocycles. The van der Waals surface area contributed by atoms with Crippen LogP contribution in [-0.2, 0) is 30.6 Å². The van der Waals surface area contributed by atoms with E-state index in [0.29, 0.717) is 34.8 Å². The van der Waals surface area contributed by atoms with Crippen molar-refractivity contribution in [2.75, 3.05) is 23.1 Å². The van der Waals surface area contributed by atoms with Crippen molar-refractivity contribution >= 4 is 48.9 Å². The van der Waals surface area contributed by atoms with E-state index < -0.39 is 20.0 Å².